The molecule has 0 aliphatic rings. The van der Waals surface area contributed by atoms with Crippen molar-refractivity contribution >= 4 is 16.9 Å². The molecule has 1 aromatic heterocycles. The first-order chi connectivity index (χ1) is 9.25. The second kappa shape index (κ2) is 4.49. The van der Waals surface area contributed by atoms with Crippen molar-refractivity contribution in [3.63, 3.8) is 0 Å². The van der Waals surface area contributed by atoms with Crippen LogP contribution in [0.3, 0.4) is 0 Å². The number of rotatable bonds is 2. The van der Waals surface area contributed by atoms with E-state index in [1.165, 1.54) is 12.1 Å². The van der Waals surface area contributed by atoms with Gasteiger partial charge in [0.2, 0.25) is 0 Å². The molecule has 94 valence electrons. The number of para-hydroxylation sites is 2. The number of phenolic OH excluding ortho intramolecular Hbond substituents is 1. The SMILES string of the molecule is O=C(Oc1c[nH]c2ccccc12)c1ccccc1O. The Labute approximate surface area is 109 Å². The van der Waals surface area contributed by atoms with Gasteiger partial charge in [-0.2, -0.15) is 0 Å². The molecule has 19 heavy (non-hydrogen) atoms. The van der Waals surface area contributed by atoms with Gasteiger partial charge in [-0.15, -0.1) is 0 Å². The smallest absolute Gasteiger partial charge is 0.347 e. The quantitative estimate of drug-likeness (QED) is 0.690. The molecule has 0 aliphatic heterocycles. The Kier molecular flexibility index (Phi) is 2.68. The highest BCUT2D eigenvalue weighted by molar-refractivity contribution is 5.96. The third kappa shape index (κ3) is 2.04. The number of phenols is 1. The van der Waals surface area contributed by atoms with E-state index in [1.54, 1.807) is 18.3 Å². The standard InChI is InChI=1S/C15H11NO3/c17-13-8-4-2-6-11(13)15(18)19-14-9-16-12-7-3-1-5-10(12)14/h1-9,16-17H. The van der Waals surface area contributed by atoms with Crippen LogP contribution in [0.4, 0.5) is 0 Å². The summed E-state index contributed by atoms with van der Waals surface area (Å²) < 4.78 is 5.30. The zero-order valence-electron chi connectivity index (χ0n) is 9.96. The van der Waals surface area contributed by atoms with E-state index in [1.807, 2.05) is 24.3 Å². The van der Waals surface area contributed by atoms with E-state index in [0.29, 0.717) is 5.75 Å². The first-order valence-electron chi connectivity index (χ1n) is 5.82. The molecule has 0 unspecified atom stereocenters. The third-order valence-electron chi connectivity index (χ3n) is 2.88. The second-order valence-corrected chi connectivity index (χ2v) is 4.11. The van der Waals surface area contributed by atoms with Crippen molar-refractivity contribution in [2.24, 2.45) is 0 Å². The first-order valence-corrected chi connectivity index (χ1v) is 5.82. The molecular weight excluding hydrogens is 242 g/mol. The van der Waals surface area contributed by atoms with Crippen molar-refractivity contribution in [1.29, 1.82) is 0 Å². The van der Waals surface area contributed by atoms with Crippen molar-refractivity contribution in [2.45, 2.75) is 0 Å². The lowest BCUT2D eigenvalue weighted by Gasteiger charge is -2.04. The minimum absolute atomic E-state index is 0.0904. The lowest BCUT2D eigenvalue weighted by Crippen LogP contribution is -2.08. The predicted octanol–water partition coefficient (Wildman–Crippen LogP) is 3.09. The van der Waals surface area contributed by atoms with Gasteiger partial charge in [0.1, 0.15) is 11.3 Å². The van der Waals surface area contributed by atoms with Gasteiger partial charge in [0.05, 0.1) is 0 Å². The number of carbonyl (C=O) groups is 1. The zero-order valence-corrected chi connectivity index (χ0v) is 9.96. The van der Waals surface area contributed by atoms with E-state index in [9.17, 15) is 9.90 Å². The molecule has 0 bridgehead atoms. The number of esters is 1. The van der Waals surface area contributed by atoms with Gasteiger partial charge >= 0.3 is 5.97 Å². The summed E-state index contributed by atoms with van der Waals surface area (Å²) in [6.45, 7) is 0. The Bertz CT molecular complexity index is 746. The van der Waals surface area contributed by atoms with Crippen LogP contribution in [-0.2, 0) is 0 Å². The van der Waals surface area contributed by atoms with Gasteiger partial charge in [-0.1, -0.05) is 24.3 Å². The van der Waals surface area contributed by atoms with Crippen LogP contribution in [0.2, 0.25) is 0 Å². The van der Waals surface area contributed by atoms with E-state index >= 15 is 0 Å². The van der Waals surface area contributed by atoms with Crippen molar-refractivity contribution in [2.75, 3.05) is 0 Å². The topological polar surface area (TPSA) is 62.3 Å². The molecular formula is C15H11NO3. The van der Waals surface area contributed by atoms with E-state index in [4.69, 9.17) is 4.74 Å². The molecule has 1 heterocycles. The monoisotopic (exact) mass is 253 g/mol. The summed E-state index contributed by atoms with van der Waals surface area (Å²) in [7, 11) is 0. The van der Waals surface area contributed by atoms with Crippen molar-refractivity contribution in [3.8, 4) is 11.5 Å². The summed E-state index contributed by atoms with van der Waals surface area (Å²) in [5, 5.41) is 10.4. The van der Waals surface area contributed by atoms with Gasteiger partial charge in [-0.3, -0.25) is 0 Å². The van der Waals surface area contributed by atoms with Crippen LogP contribution in [0.25, 0.3) is 10.9 Å². The lowest BCUT2D eigenvalue weighted by atomic mass is 10.2. The highest BCUT2D eigenvalue weighted by atomic mass is 16.5. The fraction of sp³-hybridized carbons (Fsp3) is 0. The van der Waals surface area contributed by atoms with Crippen LogP contribution in [-0.4, -0.2) is 16.1 Å². The molecule has 2 aromatic carbocycles. The largest absolute Gasteiger partial charge is 0.507 e. The Hall–Kier alpha value is -2.75. The number of fused-ring (bicyclic) bond motifs is 1. The molecule has 0 atom stereocenters. The summed E-state index contributed by atoms with van der Waals surface area (Å²) >= 11 is 0. The Balaban J connectivity index is 1.94. The molecule has 0 spiro atoms. The van der Waals surface area contributed by atoms with Gasteiger partial charge in [0.15, 0.2) is 5.75 Å². The van der Waals surface area contributed by atoms with Crippen LogP contribution in [0.15, 0.2) is 54.7 Å². The molecule has 0 aliphatic carbocycles. The van der Waals surface area contributed by atoms with E-state index < -0.39 is 5.97 Å². The number of benzene rings is 2. The summed E-state index contributed by atoms with van der Waals surface area (Å²) in [5.41, 5.74) is 1.04. The maximum absolute atomic E-state index is 12.0. The molecule has 0 amide bonds. The van der Waals surface area contributed by atoms with Gasteiger partial charge in [-0.05, 0) is 24.3 Å². The molecule has 0 saturated carbocycles. The molecule has 0 saturated heterocycles. The Morgan fingerprint density at radius 3 is 2.63 bits per heavy atom. The maximum atomic E-state index is 12.0. The number of hydrogen-bond acceptors (Lipinski definition) is 3. The highest BCUT2D eigenvalue weighted by Gasteiger charge is 2.14. The van der Waals surface area contributed by atoms with Crippen molar-refractivity contribution in [1.82, 2.24) is 4.98 Å². The molecule has 4 heteroatoms. The van der Waals surface area contributed by atoms with Gasteiger partial charge in [0.25, 0.3) is 0 Å². The fourth-order valence-corrected chi connectivity index (χ4v) is 1.93. The summed E-state index contributed by atoms with van der Waals surface area (Å²) in [6.07, 6.45) is 1.63. The van der Waals surface area contributed by atoms with Crippen LogP contribution in [0, 0.1) is 0 Å². The summed E-state index contributed by atoms with van der Waals surface area (Å²) in [5.74, 6) is -0.223. The molecule has 3 aromatic rings. The number of ether oxygens (including phenoxy) is 1. The van der Waals surface area contributed by atoms with Crippen LogP contribution in [0.5, 0.6) is 11.5 Å². The Morgan fingerprint density at radius 1 is 1.05 bits per heavy atom. The van der Waals surface area contributed by atoms with Crippen molar-refractivity contribution in [3.05, 3.63) is 60.3 Å². The molecule has 3 rings (SSSR count). The normalized spacial score (nSPS) is 10.5. The third-order valence-corrected chi connectivity index (χ3v) is 2.88. The second-order valence-electron chi connectivity index (χ2n) is 4.11. The average Bonchev–Trinajstić information content (AvgIpc) is 2.83. The van der Waals surface area contributed by atoms with Crippen molar-refractivity contribution < 1.29 is 14.6 Å². The molecule has 4 nitrogen and oxygen atoms in total. The fourth-order valence-electron chi connectivity index (χ4n) is 1.93. The average molecular weight is 253 g/mol. The van der Waals surface area contributed by atoms with Crippen LogP contribution in [0.1, 0.15) is 10.4 Å². The number of aromatic hydroxyl groups is 1. The van der Waals surface area contributed by atoms with E-state index in [2.05, 4.69) is 4.98 Å². The van der Waals surface area contributed by atoms with Gasteiger partial charge in [0, 0.05) is 17.1 Å². The number of aromatic nitrogens is 1. The zero-order chi connectivity index (χ0) is 13.2. The number of H-pyrrole nitrogens is 1. The number of carbonyl (C=O) groups excluding carboxylic acids is 1. The Morgan fingerprint density at radius 2 is 1.79 bits per heavy atom. The molecule has 2 N–H and O–H groups in total. The highest BCUT2D eigenvalue weighted by Crippen LogP contribution is 2.26. The van der Waals surface area contributed by atoms with Gasteiger partial charge < -0.3 is 14.8 Å². The van der Waals surface area contributed by atoms with E-state index in [0.717, 1.165) is 10.9 Å². The minimum Gasteiger partial charge on any atom is -0.507 e. The van der Waals surface area contributed by atoms with E-state index in [-0.39, 0.29) is 11.3 Å². The lowest BCUT2D eigenvalue weighted by molar-refractivity contribution is 0.0734. The first kappa shape index (κ1) is 11.3. The minimum atomic E-state index is -0.581. The van der Waals surface area contributed by atoms with Crippen LogP contribution < -0.4 is 4.74 Å². The number of hydrogen-bond donors (Lipinski definition) is 2. The van der Waals surface area contributed by atoms with Gasteiger partial charge in [-0.25, -0.2) is 4.79 Å². The maximum Gasteiger partial charge on any atom is 0.347 e. The predicted molar refractivity (Wildman–Crippen MR) is 71.4 cm³/mol. The molecule has 0 radical (unpaired) electrons. The summed E-state index contributed by atoms with van der Waals surface area (Å²) in [4.78, 5) is 15.0. The summed E-state index contributed by atoms with van der Waals surface area (Å²) in [6, 6.07) is 13.8. The van der Waals surface area contributed by atoms with Crippen LogP contribution >= 0.6 is 0 Å². The molecule has 0 fully saturated rings. The number of nitrogens with one attached hydrogen (secondary N) is 1. The number of aromatic amines is 1.